The van der Waals surface area contributed by atoms with E-state index in [9.17, 15) is 0 Å². The average Bonchev–Trinajstić information content (AvgIpc) is 2.70. The molecule has 1 aliphatic heterocycles. The monoisotopic (exact) mass is 196 g/mol. The Labute approximate surface area is 87.8 Å². The highest BCUT2D eigenvalue weighted by Gasteiger charge is 2.37. The summed E-state index contributed by atoms with van der Waals surface area (Å²) in [6.07, 6.45) is 7.02. The van der Waals surface area contributed by atoms with Crippen LogP contribution in [0.25, 0.3) is 0 Å². The molecule has 2 aliphatic rings. The van der Waals surface area contributed by atoms with Gasteiger partial charge in [-0.1, -0.05) is 12.8 Å². The summed E-state index contributed by atoms with van der Waals surface area (Å²) in [7, 11) is 0. The Morgan fingerprint density at radius 2 is 1.86 bits per heavy atom. The number of nitrogens with zero attached hydrogens (tertiary/aromatic N) is 1. The van der Waals surface area contributed by atoms with Crippen molar-refractivity contribution in [1.82, 2.24) is 4.90 Å². The second kappa shape index (κ2) is 4.19. The van der Waals surface area contributed by atoms with Crippen LogP contribution in [0.4, 0.5) is 0 Å². The van der Waals surface area contributed by atoms with Crippen LogP contribution in [-0.4, -0.2) is 29.6 Å². The van der Waals surface area contributed by atoms with Crippen LogP contribution >= 0.6 is 0 Å². The van der Waals surface area contributed by atoms with Crippen molar-refractivity contribution in [2.75, 3.05) is 6.54 Å². The molecule has 2 heteroatoms. The third kappa shape index (κ3) is 1.96. The predicted molar refractivity (Wildman–Crippen MR) is 60.2 cm³/mol. The summed E-state index contributed by atoms with van der Waals surface area (Å²) in [5, 5.41) is 0. The first-order valence-electron chi connectivity index (χ1n) is 6.20. The molecular formula is C12H24N2. The molecule has 2 nitrogen and oxygen atoms in total. The SMILES string of the molecule is CC(C)N1CC(N)CC1C1CCCC1. The smallest absolute Gasteiger partial charge is 0.0183 e. The molecule has 1 aliphatic carbocycles. The molecule has 0 spiro atoms. The van der Waals surface area contributed by atoms with E-state index in [1.807, 2.05) is 0 Å². The molecule has 0 bridgehead atoms. The molecule has 0 aromatic carbocycles. The van der Waals surface area contributed by atoms with Crippen LogP contribution in [0, 0.1) is 5.92 Å². The fourth-order valence-electron chi connectivity index (χ4n) is 3.33. The van der Waals surface area contributed by atoms with E-state index in [0.717, 1.165) is 18.5 Å². The molecule has 2 fully saturated rings. The van der Waals surface area contributed by atoms with Gasteiger partial charge in [0.05, 0.1) is 0 Å². The number of hydrogen-bond acceptors (Lipinski definition) is 2. The Kier molecular flexibility index (Phi) is 3.13. The summed E-state index contributed by atoms with van der Waals surface area (Å²) in [5.74, 6) is 0.950. The van der Waals surface area contributed by atoms with Gasteiger partial charge in [0.25, 0.3) is 0 Å². The van der Waals surface area contributed by atoms with Crippen molar-refractivity contribution in [3.8, 4) is 0 Å². The Bertz CT molecular complexity index is 185. The fraction of sp³-hybridized carbons (Fsp3) is 1.00. The van der Waals surface area contributed by atoms with E-state index in [2.05, 4.69) is 18.7 Å². The third-order valence-corrected chi connectivity index (χ3v) is 4.02. The summed E-state index contributed by atoms with van der Waals surface area (Å²) < 4.78 is 0. The summed E-state index contributed by atoms with van der Waals surface area (Å²) in [6.45, 7) is 5.73. The van der Waals surface area contributed by atoms with Crippen molar-refractivity contribution in [3.63, 3.8) is 0 Å². The van der Waals surface area contributed by atoms with E-state index in [0.29, 0.717) is 12.1 Å². The maximum Gasteiger partial charge on any atom is 0.0183 e. The van der Waals surface area contributed by atoms with Crippen LogP contribution < -0.4 is 5.73 Å². The van der Waals surface area contributed by atoms with Crippen LogP contribution in [0.2, 0.25) is 0 Å². The minimum absolute atomic E-state index is 0.433. The molecular weight excluding hydrogens is 172 g/mol. The lowest BCUT2D eigenvalue weighted by molar-refractivity contribution is 0.153. The summed E-state index contributed by atoms with van der Waals surface area (Å²) in [4.78, 5) is 2.64. The van der Waals surface area contributed by atoms with Gasteiger partial charge in [0, 0.05) is 24.7 Å². The van der Waals surface area contributed by atoms with E-state index < -0.39 is 0 Å². The summed E-state index contributed by atoms with van der Waals surface area (Å²) in [6, 6.07) is 1.91. The van der Waals surface area contributed by atoms with E-state index in [1.165, 1.54) is 32.1 Å². The van der Waals surface area contributed by atoms with Gasteiger partial charge in [-0.25, -0.2) is 0 Å². The molecule has 1 heterocycles. The maximum atomic E-state index is 6.08. The second-order valence-electron chi connectivity index (χ2n) is 5.40. The van der Waals surface area contributed by atoms with E-state index in [4.69, 9.17) is 5.73 Å². The summed E-state index contributed by atoms with van der Waals surface area (Å²) >= 11 is 0. The lowest BCUT2D eigenvalue weighted by Crippen LogP contribution is -2.39. The largest absolute Gasteiger partial charge is 0.326 e. The van der Waals surface area contributed by atoms with Crippen molar-refractivity contribution in [2.24, 2.45) is 11.7 Å². The topological polar surface area (TPSA) is 29.3 Å². The quantitative estimate of drug-likeness (QED) is 0.732. The molecule has 2 N–H and O–H groups in total. The molecule has 1 saturated carbocycles. The normalized spacial score (nSPS) is 36.0. The Hall–Kier alpha value is -0.0800. The molecule has 2 rings (SSSR count). The van der Waals surface area contributed by atoms with Gasteiger partial charge in [-0.15, -0.1) is 0 Å². The van der Waals surface area contributed by atoms with Crippen LogP contribution in [0.15, 0.2) is 0 Å². The van der Waals surface area contributed by atoms with Gasteiger partial charge in [-0.2, -0.15) is 0 Å². The van der Waals surface area contributed by atoms with Crippen molar-refractivity contribution >= 4 is 0 Å². The minimum atomic E-state index is 0.433. The molecule has 0 amide bonds. The second-order valence-corrected chi connectivity index (χ2v) is 5.40. The van der Waals surface area contributed by atoms with Crippen LogP contribution in [-0.2, 0) is 0 Å². The fourth-order valence-corrected chi connectivity index (χ4v) is 3.33. The lowest BCUT2D eigenvalue weighted by Gasteiger charge is -2.32. The zero-order valence-electron chi connectivity index (χ0n) is 9.58. The van der Waals surface area contributed by atoms with E-state index >= 15 is 0 Å². The number of nitrogens with two attached hydrogens (primary N) is 1. The van der Waals surface area contributed by atoms with Gasteiger partial charge < -0.3 is 5.73 Å². The van der Waals surface area contributed by atoms with Crippen LogP contribution in [0.1, 0.15) is 46.0 Å². The van der Waals surface area contributed by atoms with Crippen molar-refractivity contribution in [2.45, 2.75) is 64.1 Å². The highest BCUT2D eigenvalue weighted by atomic mass is 15.2. The van der Waals surface area contributed by atoms with Gasteiger partial charge in [-0.05, 0) is 39.0 Å². The molecule has 2 unspecified atom stereocenters. The van der Waals surface area contributed by atoms with E-state index in [1.54, 1.807) is 0 Å². The first kappa shape index (κ1) is 10.4. The Morgan fingerprint density at radius 1 is 1.21 bits per heavy atom. The van der Waals surface area contributed by atoms with Crippen molar-refractivity contribution in [1.29, 1.82) is 0 Å². The summed E-state index contributed by atoms with van der Waals surface area (Å²) in [5.41, 5.74) is 6.08. The predicted octanol–water partition coefficient (Wildman–Crippen LogP) is 1.99. The standard InChI is InChI=1S/C12H24N2/c1-9(2)14-8-11(13)7-12(14)10-5-3-4-6-10/h9-12H,3-8,13H2,1-2H3. The van der Waals surface area contributed by atoms with E-state index in [-0.39, 0.29) is 0 Å². The minimum Gasteiger partial charge on any atom is -0.326 e. The highest BCUT2D eigenvalue weighted by Crippen LogP contribution is 2.35. The average molecular weight is 196 g/mol. The zero-order valence-corrected chi connectivity index (χ0v) is 9.58. The van der Waals surface area contributed by atoms with Crippen molar-refractivity contribution < 1.29 is 0 Å². The van der Waals surface area contributed by atoms with Gasteiger partial charge in [0.2, 0.25) is 0 Å². The molecule has 0 aromatic rings. The maximum absolute atomic E-state index is 6.08. The third-order valence-electron chi connectivity index (χ3n) is 4.02. The Morgan fingerprint density at radius 3 is 2.43 bits per heavy atom. The van der Waals surface area contributed by atoms with Gasteiger partial charge in [0.1, 0.15) is 0 Å². The lowest BCUT2D eigenvalue weighted by atomic mass is 9.95. The number of likely N-dealkylation sites (tertiary alicyclic amines) is 1. The van der Waals surface area contributed by atoms with Gasteiger partial charge in [-0.3, -0.25) is 4.90 Å². The first-order chi connectivity index (χ1) is 6.68. The molecule has 0 radical (unpaired) electrons. The highest BCUT2D eigenvalue weighted by molar-refractivity contribution is 4.94. The number of hydrogen-bond donors (Lipinski definition) is 1. The molecule has 14 heavy (non-hydrogen) atoms. The molecule has 0 aromatic heterocycles. The van der Waals surface area contributed by atoms with Gasteiger partial charge >= 0.3 is 0 Å². The van der Waals surface area contributed by atoms with Crippen LogP contribution in [0.5, 0.6) is 0 Å². The Balaban J connectivity index is 2.00. The number of rotatable bonds is 2. The zero-order chi connectivity index (χ0) is 10.1. The molecule has 1 saturated heterocycles. The van der Waals surface area contributed by atoms with Crippen LogP contribution in [0.3, 0.4) is 0 Å². The molecule has 2 atom stereocenters. The van der Waals surface area contributed by atoms with Gasteiger partial charge in [0.15, 0.2) is 0 Å². The first-order valence-corrected chi connectivity index (χ1v) is 6.20. The molecule has 82 valence electrons. The van der Waals surface area contributed by atoms with Crippen molar-refractivity contribution in [3.05, 3.63) is 0 Å².